The molecule has 0 heterocycles. The van der Waals surface area contributed by atoms with E-state index < -0.39 is 11.7 Å². The second-order valence-electron chi connectivity index (χ2n) is 5.17. The van der Waals surface area contributed by atoms with E-state index in [-0.39, 0.29) is 5.11 Å². The number of alkyl halides is 3. The van der Waals surface area contributed by atoms with Crippen LogP contribution in [0.5, 0.6) is 0 Å². The summed E-state index contributed by atoms with van der Waals surface area (Å²) in [6, 6.07) is 12.4. The lowest BCUT2D eigenvalue weighted by atomic mass is 10.1. The third-order valence-corrected chi connectivity index (χ3v) is 4.02. The molecule has 0 bridgehead atoms. The van der Waals surface area contributed by atoms with Crippen LogP contribution in [0.3, 0.4) is 0 Å². The van der Waals surface area contributed by atoms with E-state index in [2.05, 4.69) is 21.4 Å². The van der Waals surface area contributed by atoms with Gasteiger partial charge in [-0.1, -0.05) is 33.6 Å². The number of thiocarbonyl (C=S) groups is 1. The van der Waals surface area contributed by atoms with E-state index in [4.69, 9.17) is 18.0 Å². The van der Waals surface area contributed by atoms with Crippen molar-refractivity contribution in [2.75, 3.05) is 0 Å². The molecule has 0 atom stereocenters. The molecule has 2 aromatic carbocycles. The van der Waals surface area contributed by atoms with E-state index in [1.165, 1.54) is 12.1 Å². The quantitative estimate of drug-likeness (QED) is 0.318. The molecule has 8 heteroatoms. The van der Waals surface area contributed by atoms with Gasteiger partial charge in [0, 0.05) is 28.6 Å². The minimum absolute atomic E-state index is 0.0147. The highest BCUT2D eigenvalue weighted by Crippen LogP contribution is 2.30. The summed E-state index contributed by atoms with van der Waals surface area (Å²) in [5.74, 6) is 0. The Morgan fingerprint density at radius 1 is 1.20 bits per heavy atom. The predicted octanol–water partition coefficient (Wildman–Crippen LogP) is 4.76. The molecule has 0 unspecified atom stereocenters. The van der Waals surface area contributed by atoms with Gasteiger partial charge in [0.1, 0.15) is 0 Å². The first kappa shape index (κ1) is 19.4. The highest BCUT2D eigenvalue weighted by Gasteiger charge is 2.31. The van der Waals surface area contributed by atoms with Gasteiger partial charge in [0.05, 0.1) is 5.56 Å². The standard InChI is InChI=1S/C17H15BrF3N3S/c1-2-15(11-4-3-5-13(18)10-11)24(23-16(22)25)14-8-6-12(7-9-14)17(19,20)21/h3-10H,2H2,1H3,(H2-,22,23,25)/p+1. The molecule has 0 aliphatic heterocycles. The molecule has 0 aliphatic rings. The van der Waals surface area contributed by atoms with Gasteiger partial charge in [0.2, 0.25) is 16.5 Å². The van der Waals surface area contributed by atoms with Crippen molar-refractivity contribution < 1.29 is 17.9 Å². The van der Waals surface area contributed by atoms with Crippen LogP contribution in [0.15, 0.2) is 53.0 Å². The second kappa shape index (κ2) is 7.97. The Kier molecular flexibility index (Phi) is 6.18. The van der Waals surface area contributed by atoms with Crippen molar-refractivity contribution in [2.24, 2.45) is 5.73 Å². The SMILES string of the molecule is CCC(c1cccc(Br)c1)=[N+](NC(N)=S)c1ccc(C(F)(F)F)cc1. The fraction of sp³-hybridized carbons (Fsp3) is 0.176. The van der Waals surface area contributed by atoms with Crippen molar-refractivity contribution in [3.8, 4) is 0 Å². The van der Waals surface area contributed by atoms with Gasteiger partial charge >= 0.3 is 6.18 Å². The van der Waals surface area contributed by atoms with Crippen molar-refractivity contribution >= 4 is 44.7 Å². The van der Waals surface area contributed by atoms with Gasteiger partial charge in [-0.15, -0.1) is 5.43 Å². The Balaban J connectivity index is 2.59. The fourth-order valence-corrected chi connectivity index (χ4v) is 2.85. The van der Waals surface area contributed by atoms with Gasteiger partial charge < -0.3 is 5.73 Å². The van der Waals surface area contributed by atoms with Gasteiger partial charge in [0.15, 0.2) is 0 Å². The third kappa shape index (κ3) is 5.02. The molecule has 0 fully saturated rings. The molecular weight excluding hydrogens is 415 g/mol. The molecule has 132 valence electrons. The Hall–Kier alpha value is -1.93. The predicted molar refractivity (Wildman–Crippen MR) is 99.8 cm³/mol. The number of hydrazine groups is 1. The number of hydrogen-bond acceptors (Lipinski definition) is 1. The maximum Gasteiger partial charge on any atom is 0.416 e. The van der Waals surface area contributed by atoms with Crippen LogP contribution >= 0.6 is 28.1 Å². The Bertz CT molecular complexity index is 802. The number of nitrogens with two attached hydrogens (primary N) is 1. The van der Waals surface area contributed by atoms with Gasteiger partial charge in [-0.3, -0.25) is 0 Å². The molecule has 0 amide bonds. The molecule has 2 rings (SSSR count). The zero-order chi connectivity index (χ0) is 18.6. The second-order valence-corrected chi connectivity index (χ2v) is 6.52. The lowest BCUT2D eigenvalue weighted by Crippen LogP contribution is -2.39. The number of rotatable bonds is 4. The van der Waals surface area contributed by atoms with Gasteiger partial charge in [0.25, 0.3) is 0 Å². The highest BCUT2D eigenvalue weighted by molar-refractivity contribution is 9.10. The van der Waals surface area contributed by atoms with Crippen molar-refractivity contribution in [3.05, 3.63) is 64.1 Å². The molecule has 0 saturated heterocycles. The van der Waals surface area contributed by atoms with Crippen LogP contribution in [0.2, 0.25) is 0 Å². The molecule has 0 radical (unpaired) electrons. The maximum atomic E-state index is 12.8. The molecule has 25 heavy (non-hydrogen) atoms. The molecule has 3 N–H and O–H groups in total. The van der Waals surface area contributed by atoms with Crippen LogP contribution < -0.4 is 11.2 Å². The highest BCUT2D eigenvalue weighted by atomic mass is 79.9. The van der Waals surface area contributed by atoms with Crippen LogP contribution in [0.4, 0.5) is 18.9 Å². The number of hydrazone groups is 1. The summed E-state index contributed by atoms with van der Waals surface area (Å²) < 4.78 is 40.8. The smallest absolute Gasteiger partial charge is 0.372 e. The first-order valence-corrected chi connectivity index (χ1v) is 8.57. The molecule has 3 nitrogen and oxygen atoms in total. The topological polar surface area (TPSA) is 41.1 Å². The van der Waals surface area contributed by atoms with Crippen molar-refractivity contribution in [1.82, 2.24) is 5.43 Å². The molecule has 0 aromatic heterocycles. The average molecular weight is 431 g/mol. The largest absolute Gasteiger partial charge is 0.416 e. The van der Waals surface area contributed by atoms with Gasteiger partial charge in [-0.25, -0.2) is 0 Å². The minimum Gasteiger partial charge on any atom is -0.372 e. The molecule has 2 aromatic rings. The lowest BCUT2D eigenvalue weighted by molar-refractivity contribution is -0.487. The van der Waals surface area contributed by atoms with E-state index in [1.54, 1.807) is 4.68 Å². The van der Waals surface area contributed by atoms with Crippen molar-refractivity contribution in [2.45, 2.75) is 19.5 Å². The third-order valence-electron chi connectivity index (χ3n) is 3.44. The van der Waals surface area contributed by atoms with Gasteiger partial charge in [-0.2, -0.15) is 13.2 Å². The van der Waals surface area contributed by atoms with Crippen LogP contribution in [-0.2, 0) is 6.18 Å². The lowest BCUT2D eigenvalue weighted by Gasteiger charge is -2.10. The summed E-state index contributed by atoms with van der Waals surface area (Å²) in [7, 11) is 0. The van der Waals surface area contributed by atoms with E-state index in [0.29, 0.717) is 12.1 Å². The molecule has 0 spiro atoms. The van der Waals surface area contributed by atoms with E-state index >= 15 is 0 Å². The average Bonchev–Trinajstić information content (AvgIpc) is 2.54. The van der Waals surface area contributed by atoms with Crippen LogP contribution in [0.25, 0.3) is 0 Å². The maximum absolute atomic E-state index is 12.8. The summed E-state index contributed by atoms with van der Waals surface area (Å²) in [5.41, 5.74) is 9.92. The van der Waals surface area contributed by atoms with Crippen LogP contribution in [0.1, 0.15) is 24.5 Å². The van der Waals surface area contributed by atoms with E-state index in [0.717, 1.165) is 27.9 Å². The summed E-state index contributed by atoms with van der Waals surface area (Å²) in [4.78, 5) is 0. The van der Waals surface area contributed by atoms with Crippen molar-refractivity contribution in [3.63, 3.8) is 0 Å². The Morgan fingerprint density at radius 3 is 2.32 bits per heavy atom. The number of benzene rings is 2. The summed E-state index contributed by atoms with van der Waals surface area (Å²) in [5, 5.41) is 0.0147. The summed E-state index contributed by atoms with van der Waals surface area (Å²) >= 11 is 8.34. The van der Waals surface area contributed by atoms with E-state index in [1.807, 2.05) is 31.2 Å². The fourth-order valence-electron chi connectivity index (χ4n) is 2.36. The number of hydrogen-bond donors (Lipinski definition) is 2. The van der Waals surface area contributed by atoms with E-state index in [9.17, 15) is 13.2 Å². The Labute approximate surface area is 157 Å². The number of halogens is 4. The molecule has 0 saturated carbocycles. The minimum atomic E-state index is -4.39. The van der Waals surface area contributed by atoms with Crippen LogP contribution in [0, 0.1) is 0 Å². The van der Waals surface area contributed by atoms with Crippen LogP contribution in [-0.4, -0.2) is 15.5 Å². The summed E-state index contributed by atoms with van der Waals surface area (Å²) in [6.45, 7) is 1.94. The van der Waals surface area contributed by atoms with Crippen molar-refractivity contribution in [1.29, 1.82) is 0 Å². The first-order chi connectivity index (χ1) is 11.7. The zero-order valence-corrected chi connectivity index (χ0v) is 15.7. The van der Waals surface area contributed by atoms with Gasteiger partial charge in [-0.05, 0) is 42.5 Å². The summed E-state index contributed by atoms with van der Waals surface area (Å²) in [6.07, 6.45) is -3.78. The molecular formula is C17H16BrF3N3S+. The Morgan fingerprint density at radius 2 is 1.84 bits per heavy atom. The zero-order valence-electron chi connectivity index (χ0n) is 13.3. The number of nitrogens with one attached hydrogen (secondary N) is 1. The molecule has 0 aliphatic carbocycles. The monoisotopic (exact) mass is 430 g/mol. The first-order valence-electron chi connectivity index (χ1n) is 7.37. The normalized spacial score (nSPS) is 12.5. The number of nitrogens with zero attached hydrogens (tertiary/aromatic N) is 1.